The largest absolute Gasteiger partial charge is 0.466 e. The molecule has 5 heteroatoms. The Balaban J connectivity index is 2.58. The highest BCUT2D eigenvalue weighted by molar-refractivity contribution is 8.00. The molecule has 0 aliphatic rings. The van der Waals surface area contributed by atoms with Crippen LogP contribution in [0.3, 0.4) is 0 Å². The summed E-state index contributed by atoms with van der Waals surface area (Å²) in [6.45, 7) is 4.17. The summed E-state index contributed by atoms with van der Waals surface area (Å²) in [5.41, 5.74) is 6.51. The molecule has 0 bridgehead atoms. The number of anilines is 1. The Labute approximate surface area is 111 Å². The molecule has 2 N–H and O–H groups in total. The van der Waals surface area contributed by atoms with Crippen LogP contribution in [-0.4, -0.2) is 17.8 Å². The van der Waals surface area contributed by atoms with E-state index in [9.17, 15) is 4.79 Å². The zero-order valence-electron chi connectivity index (χ0n) is 9.90. The molecule has 0 amide bonds. The van der Waals surface area contributed by atoms with Crippen molar-refractivity contribution in [1.29, 1.82) is 0 Å². The molecule has 0 saturated heterocycles. The van der Waals surface area contributed by atoms with E-state index in [1.54, 1.807) is 19.1 Å². The van der Waals surface area contributed by atoms with Gasteiger partial charge in [-0.15, -0.1) is 11.8 Å². The molecule has 1 aromatic rings. The lowest BCUT2D eigenvalue weighted by Crippen LogP contribution is -2.10. The van der Waals surface area contributed by atoms with E-state index in [1.807, 2.05) is 13.0 Å². The molecule has 0 spiro atoms. The fourth-order valence-electron chi connectivity index (χ4n) is 1.32. The first kappa shape index (κ1) is 14.2. The Morgan fingerprint density at radius 1 is 1.59 bits per heavy atom. The summed E-state index contributed by atoms with van der Waals surface area (Å²) in [6.07, 6.45) is 0.366. The first-order valence-electron chi connectivity index (χ1n) is 5.40. The molecule has 0 saturated carbocycles. The van der Waals surface area contributed by atoms with Crippen LogP contribution in [0.5, 0.6) is 0 Å². The highest BCUT2D eigenvalue weighted by Gasteiger charge is 2.12. The van der Waals surface area contributed by atoms with Crippen molar-refractivity contribution >= 4 is 35.0 Å². The fourth-order valence-corrected chi connectivity index (χ4v) is 2.61. The van der Waals surface area contributed by atoms with Crippen LogP contribution in [0, 0.1) is 0 Å². The summed E-state index contributed by atoms with van der Waals surface area (Å²) in [5.74, 6) is -0.187. The molecule has 94 valence electrons. The zero-order valence-corrected chi connectivity index (χ0v) is 11.5. The van der Waals surface area contributed by atoms with Gasteiger partial charge in [0.25, 0.3) is 0 Å². The van der Waals surface area contributed by atoms with Crippen LogP contribution in [-0.2, 0) is 9.53 Å². The average Bonchev–Trinajstić information content (AvgIpc) is 2.23. The number of ether oxygens (including phenoxy) is 1. The second-order valence-corrected chi connectivity index (χ2v) is 5.54. The molecule has 0 aliphatic heterocycles. The van der Waals surface area contributed by atoms with Crippen molar-refractivity contribution in [1.82, 2.24) is 0 Å². The molecule has 17 heavy (non-hydrogen) atoms. The summed E-state index contributed by atoms with van der Waals surface area (Å²) in [4.78, 5) is 12.2. The van der Waals surface area contributed by atoms with Crippen LogP contribution in [0.25, 0.3) is 0 Å². The van der Waals surface area contributed by atoms with Gasteiger partial charge in [0.05, 0.1) is 13.0 Å². The number of carbonyl (C=O) groups is 1. The SMILES string of the molecule is CCOC(=O)CC(C)Sc1cc(Cl)ccc1N. The maximum Gasteiger partial charge on any atom is 0.306 e. The third-order valence-electron chi connectivity index (χ3n) is 2.06. The molecule has 0 heterocycles. The summed E-state index contributed by atoms with van der Waals surface area (Å²) in [6, 6.07) is 5.32. The molecule has 0 aliphatic carbocycles. The van der Waals surface area contributed by atoms with E-state index in [0.29, 0.717) is 23.7 Å². The Morgan fingerprint density at radius 3 is 2.94 bits per heavy atom. The number of nitrogen functional groups attached to an aromatic ring is 1. The summed E-state index contributed by atoms with van der Waals surface area (Å²) < 4.78 is 4.89. The molecular formula is C12H16ClNO2S. The van der Waals surface area contributed by atoms with Gasteiger partial charge in [-0.3, -0.25) is 4.79 Å². The van der Waals surface area contributed by atoms with Crippen molar-refractivity contribution in [2.45, 2.75) is 30.4 Å². The number of thioether (sulfide) groups is 1. The van der Waals surface area contributed by atoms with Crippen molar-refractivity contribution < 1.29 is 9.53 Å². The number of carbonyl (C=O) groups excluding carboxylic acids is 1. The molecule has 0 aromatic heterocycles. The quantitative estimate of drug-likeness (QED) is 0.508. The zero-order chi connectivity index (χ0) is 12.8. The maximum absolute atomic E-state index is 11.3. The number of nitrogens with two attached hydrogens (primary N) is 1. The molecule has 3 nitrogen and oxygen atoms in total. The molecule has 1 aromatic carbocycles. The van der Waals surface area contributed by atoms with E-state index in [2.05, 4.69) is 0 Å². The van der Waals surface area contributed by atoms with Gasteiger partial charge in [0.15, 0.2) is 0 Å². The van der Waals surface area contributed by atoms with E-state index in [1.165, 1.54) is 11.8 Å². The molecule has 1 rings (SSSR count). The van der Waals surface area contributed by atoms with Crippen LogP contribution in [0.1, 0.15) is 20.3 Å². The predicted octanol–water partition coefficient (Wildman–Crippen LogP) is 3.36. The second-order valence-electron chi connectivity index (χ2n) is 3.62. The average molecular weight is 274 g/mol. The topological polar surface area (TPSA) is 52.3 Å². The second kappa shape index (κ2) is 6.77. The smallest absolute Gasteiger partial charge is 0.306 e. The van der Waals surface area contributed by atoms with Gasteiger partial charge < -0.3 is 10.5 Å². The van der Waals surface area contributed by atoms with Crippen molar-refractivity contribution in [3.05, 3.63) is 23.2 Å². The van der Waals surface area contributed by atoms with E-state index in [0.717, 1.165) is 4.90 Å². The predicted molar refractivity (Wildman–Crippen MR) is 72.4 cm³/mol. The van der Waals surface area contributed by atoms with Gasteiger partial charge in [-0.05, 0) is 25.1 Å². The molecule has 1 atom stereocenters. The monoisotopic (exact) mass is 273 g/mol. The number of esters is 1. The standard InChI is InChI=1S/C12H16ClNO2S/c1-3-16-12(15)6-8(2)17-11-7-9(13)4-5-10(11)14/h4-5,7-8H,3,6,14H2,1-2H3. The van der Waals surface area contributed by atoms with Crippen LogP contribution in [0.4, 0.5) is 5.69 Å². The van der Waals surface area contributed by atoms with E-state index < -0.39 is 0 Å². The highest BCUT2D eigenvalue weighted by Crippen LogP contribution is 2.32. The van der Waals surface area contributed by atoms with Gasteiger partial charge in [0.2, 0.25) is 0 Å². The van der Waals surface area contributed by atoms with Crippen molar-refractivity contribution in [2.75, 3.05) is 12.3 Å². The Hall–Kier alpha value is -0.870. The van der Waals surface area contributed by atoms with E-state index in [4.69, 9.17) is 22.1 Å². The van der Waals surface area contributed by atoms with Gasteiger partial charge in [0.1, 0.15) is 0 Å². The molecule has 0 fully saturated rings. The number of halogens is 1. The number of benzene rings is 1. The Kier molecular flexibility index (Phi) is 5.65. The Morgan fingerprint density at radius 2 is 2.29 bits per heavy atom. The minimum absolute atomic E-state index is 0.106. The third kappa shape index (κ3) is 4.88. The van der Waals surface area contributed by atoms with Crippen LogP contribution >= 0.6 is 23.4 Å². The van der Waals surface area contributed by atoms with Crippen LogP contribution in [0.15, 0.2) is 23.1 Å². The van der Waals surface area contributed by atoms with Crippen molar-refractivity contribution in [3.63, 3.8) is 0 Å². The van der Waals surface area contributed by atoms with Crippen molar-refractivity contribution in [2.24, 2.45) is 0 Å². The minimum atomic E-state index is -0.187. The summed E-state index contributed by atoms with van der Waals surface area (Å²) in [5, 5.41) is 0.750. The van der Waals surface area contributed by atoms with Gasteiger partial charge in [-0.25, -0.2) is 0 Å². The van der Waals surface area contributed by atoms with Crippen LogP contribution < -0.4 is 5.73 Å². The maximum atomic E-state index is 11.3. The van der Waals surface area contributed by atoms with Gasteiger partial charge in [-0.2, -0.15) is 0 Å². The van der Waals surface area contributed by atoms with Gasteiger partial charge in [-0.1, -0.05) is 18.5 Å². The fraction of sp³-hybridized carbons (Fsp3) is 0.417. The lowest BCUT2D eigenvalue weighted by atomic mass is 10.3. The van der Waals surface area contributed by atoms with Crippen LogP contribution in [0.2, 0.25) is 5.02 Å². The van der Waals surface area contributed by atoms with Crippen molar-refractivity contribution in [3.8, 4) is 0 Å². The van der Waals surface area contributed by atoms with E-state index in [-0.39, 0.29) is 11.2 Å². The number of hydrogen-bond donors (Lipinski definition) is 1. The third-order valence-corrected chi connectivity index (χ3v) is 3.47. The molecular weight excluding hydrogens is 258 g/mol. The lowest BCUT2D eigenvalue weighted by molar-refractivity contribution is -0.142. The van der Waals surface area contributed by atoms with E-state index >= 15 is 0 Å². The summed E-state index contributed by atoms with van der Waals surface area (Å²) >= 11 is 7.42. The highest BCUT2D eigenvalue weighted by atomic mass is 35.5. The minimum Gasteiger partial charge on any atom is -0.466 e. The first-order chi connectivity index (χ1) is 8.02. The molecule has 1 unspecified atom stereocenters. The van der Waals surface area contributed by atoms with Gasteiger partial charge in [0, 0.05) is 20.9 Å². The lowest BCUT2D eigenvalue weighted by Gasteiger charge is -2.12. The summed E-state index contributed by atoms with van der Waals surface area (Å²) in [7, 11) is 0. The van der Waals surface area contributed by atoms with Gasteiger partial charge >= 0.3 is 5.97 Å². The number of rotatable bonds is 5. The molecule has 0 radical (unpaired) electrons. The number of hydrogen-bond acceptors (Lipinski definition) is 4. The normalized spacial score (nSPS) is 12.2. The first-order valence-corrected chi connectivity index (χ1v) is 6.66. The Bertz CT molecular complexity index is 398.